The quantitative estimate of drug-likeness (QED) is 0.763. The van der Waals surface area contributed by atoms with Crippen LogP contribution in [0.3, 0.4) is 0 Å². The van der Waals surface area contributed by atoms with Gasteiger partial charge in [0.25, 0.3) is 5.91 Å². The van der Waals surface area contributed by atoms with Crippen molar-refractivity contribution in [1.82, 2.24) is 15.1 Å². The van der Waals surface area contributed by atoms with E-state index < -0.39 is 0 Å². The van der Waals surface area contributed by atoms with Crippen molar-refractivity contribution < 1.29 is 14.3 Å². The zero-order valence-electron chi connectivity index (χ0n) is 12.5. The molecule has 1 aromatic heterocycles. The van der Waals surface area contributed by atoms with Crippen LogP contribution in [-0.4, -0.2) is 36.5 Å². The number of nitrogens with zero attached hydrogens (tertiary/aromatic N) is 2. The number of carbonyl (C=O) groups excluding carboxylic acids is 1. The molecular weight excluding hydrogens is 350 g/mol. The molecule has 0 radical (unpaired) electrons. The highest BCUT2D eigenvalue weighted by atomic mass is 79.9. The third-order valence-corrected chi connectivity index (χ3v) is 3.51. The minimum atomic E-state index is -0.166. The van der Waals surface area contributed by atoms with E-state index in [0.717, 1.165) is 17.4 Å². The standard InChI is InChI=1S/C15H18BrN3O3/c1-21-12-4-5-13(14(8-12)22-2)15(20)17-6-3-7-19-10-11(16)9-18-19/h4-5,8-10H,3,6-7H2,1-2H3,(H,17,20). The smallest absolute Gasteiger partial charge is 0.255 e. The van der Waals surface area contributed by atoms with Crippen LogP contribution in [-0.2, 0) is 6.54 Å². The second-order valence-corrected chi connectivity index (χ2v) is 5.51. The Balaban J connectivity index is 1.86. The lowest BCUT2D eigenvalue weighted by Crippen LogP contribution is -2.25. The van der Waals surface area contributed by atoms with E-state index in [1.54, 1.807) is 31.5 Å². The molecule has 1 amide bonds. The number of methoxy groups -OCH3 is 2. The molecule has 0 saturated heterocycles. The summed E-state index contributed by atoms with van der Waals surface area (Å²) in [7, 11) is 3.10. The van der Waals surface area contributed by atoms with E-state index >= 15 is 0 Å². The number of nitrogens with one attached hydrogen (secondary N) is 1. The summed E-state index contributed by atoms with van der Waals surface area (Å²) in [6, 6.07) is 5.12. The average Bonchev–Trinajstić information content (AvgIpc) is 2.96. The van der Waals surface area contributed by atoms with Crippen molar-refractivity contribution in [2.24, 2.45) is 0 Å². The fourth-order valence-electron chi connectivity index (χ4n) is 1.98. The lowest BCUT2D eigenvalue weighted by atomic mass is 10.1. The van der Waals surface area contributed by atoms with Crippen LogP contribution in [0, 0.1) is 0 Å². The Kier molecular flexibility index (Phi) is 5.83. The molecule has 1 heterocycles. The summed E-state index contributed by atoms with van der Waals surface area (Å²) in [6.45, 7) is 1.30. The predicted octanol–water partition coefficient (Wildman–Crippen LogP) is 2.48. The number of halogens is 1. The van der Waals surface area contributed by atoms with E-state index in [-0.39, 0.29) is 5.91 Å². The van der Waals surface area contributed by atoms with Crippen LogP contribution >= 0.6 is 15.9 Å². The first-order chi connectivity index (χ1) is 10.6. The molecular formula is C15H18BrN3O3. The second-order valence-electron chi connectivity index (χ2n) is 4.60. The summed E-state index contributed by atoms with van der Waals surface area (Å²) in [4.78, 5) is 12.2. The highest BCUT2D eigenvalue weighted by Crippen LogP contribution is 2.24. The molecule has 2 rings (SSSR count). The summed E-state index contributed by atoms with van der Waals surface area (Å²) in [5.74, 6) is 0.978. The van der Waals surface area contributed by atoms with E-state index in [2.05, 4.69) is 26.3 Å². The van der Waals surface area contributed by atoms with Crippen molar-refractivity contribution in [2.45, 2.75) is 13.0 Å². The van der Waals surface area contributed by atoms with Crippen molar-refractivity contribution >= 4 is 21.8 Å². The van der Waals surface area contributed by atoms with Crippen molar-refractivity contribution in [3.63, 3.8) is 0 Å². The van der Waals surface area contributed by atoms with Gasteiger partial charge < -0.3 is 14.8 Å². The van der Waals surface area contributed by atoms with E-state index in [1.807, 2.05) is 10.9 Å². The van der Waals surface area contributed by atoms with Crippen LogP contribution in [0.2, 0.25) is 0 Å². The Morgan fingerprint density at radius 3 is 2.82 bits per heavy atom. The number of amides is 1. The van der Waals surface area contributed by atoms with Crippen molar-refractivity contribution in [3.05, 3.63) is 40.6 Å². The number of carbonyl (C=O) groups is 1. The number of aromatic nitrogens is 2. The van der Waals surface area contributed by atoms with Gasteiger partial charge in [0, 0.05) is 25.4 Å². The molecule has 22 heavy (non-hydrogen) atoms. The molecule has 0 saturated carbocycles. The molecule has 6 nitrogen and oxygen atoms in total. The van der Waals surface area contributed by atoms with Crippen LogP contribution in [0.1, 0.15) is 16.8 Å². The molecule has 0 unspecified atom stereocenters. The van der Waals surface area contributed by atoms with Gasteiger partial charge in [0.1, 0.15) is 11.5 Å². The third kappa shape index (κ3) is 4.24. The maximum Gasteiger partial charge on any atom is 0.255 e. The normalized spacial score (nSPS) is 10.3. The largest absolute Gasteiger partial charge is 0.497 e. The molecule has 1 aromatic carbocycles. The second kappa shape index (κ2) is 7.84. The highest BCUT2D eigenvalue weighted by molar-refractivity contribution is 9.10. The fraction of sp³-hybridized carbons (Fsp3) is 0.333. The van der Waals surface area contributed by atoms with Crippen LogP contribution in [0.15, 0.2) is 35.1 Å². The SMILES string of the molecule is COc1ccc(C(=O)NCCCn2cc(Br)cn2)c(OC)c1. The zero-order chi connectivity index (χ0) is 15.9. The Morgan fingerprint density at radius 1 is 1.36 bits per heavy atom. The first-order valence-corrected chi connectivity index (χ1v) is 7.61. The lowest BCUT2D eigenvalue weighted by molar-refractivity contribution is 0.0949. The van der Waals surface area contributed by atoms with Gasteiger partial charge in [-0.05, 0) is 34.5 Å². The zero-order valence-corrected chi connectivity index (χ0v) is 14.1. The number of ether oxygens (including phenoxy) is 2. The summed E-state index contributed by atoms with van der Waals surface area (Å²) >= 11 is 3.35. The molecule has 0 bridgehead atoms. The van der Waals surface area contributed by atoms with Crippen LogP contribution in [0.5, 0.6) is 11.5 Å². The van der Waals surface area contributed by atoms with E-state index in [1.165, 1.54) is 7.11 Å². The van der Waals surface area contributed by atoms with Gasteiger partial charge in [0.05, 0.1) is 30.5 Å². The summed E-state index contributed by atoms with van der Waals surface area (Å²) < 4.78 is 13.1. The molecule has 2 aromatic rings. The van der Waals surface area contributed by atoms with E-state index in [0.29, 0.717) is 23.6 Å². The molecule has 0 aliphatic rings. The number of rotatable bonds is 7. The van der Waals surface area contributed by atoms with E-state index in [4.69, 9.17) is 9.47 Å². The molecule has 0 fully saturated rings. The molecule has 0 atom stereocenters. The fourth-order valence-corrected chi connectivity index (χ4v) is 2.31. The van der Waals surface area contributed by atoms with Gasteiger partial charge in [-0.3, -0.25) is 9.48 Å². The van der Waals surface area contributed by atoms with Crippen LogP contribution in [0.4, 0.5) is 0 Å². The Hall–Kier alpha value is -2.02. The van der Waals surface area contributed by atoms with E-state index in [9.17, 15) is 4.79 Å². The predicted molar refractivity (Wildman–Crippen MR) is 86.4 cm³/mol. The third-order valence-electron chi connectivity index (χ3n) is 3.10. The van der Waals surface area contributed by atoms with Gasteiger partial charge in [-0.2, -0.15) is 5.10 Å². The van der Waals surface area contributed by atoms with Gasteiger partial charge >= 0.3 is 0 Å². The average molecular weight is 368 g/mol. The molecule has 7 heteroatoms. The molecule has 0 spiro atoms. The van der Waals surface area contributed by atoms with Crippen LogP contribution < -0.4 is 14.8 Å². The van der Waals surface area contributed by atoms with Crippen molar-refractivity contribution in [2.75, 3.05) is 20.8 Å². The first kappa shape index (κ1) is 16.4. The van der Waals surface area contributed by atoms with Gasteiger partial charge in [-0.25, -0.2) is 0 Å². The maximum absolute atomic E-state index is 12.2. The first-order valence-electron chi connectivity index (χ1n) is 6.82. The Morgan fingerprint density at radius 2 is 2.18 bits per heavy atom. The Bertz CT molecular complexity index is 643. The lowest BCUT2D eigenvalue weighted by Gasteiger charge is -2.10. The number of benzene rings is 1. The van der Waals surface area contributed by atoms with Crippen molar-refractivity contribution in [3.8, 4) is 11.5 Å². The summed E-state index contributed by atoms with van der Waals surface area (Å²) in [5.41, 5.74) is 0.491. The minimum Gasteiger partial charge on any atom is -0.497 e. The molecule has 118 valence electrons. The van der Waals surface area contributed by atoms with Gasteiger partial charge in [0.15, 0.2) is 0 Å². The summed E-state index contributed by atoms with van der Waals surface area (Å²) in [6.07, 6.45) is 4.42. The summed E-state index contributed by atoms with van der Waals surface area (Å²) in [5, 5.41) is 7.04. The molecule has 0 aliphatic carbocycles. The number of hydrogen-bond acceptors (Lipinski definition) is 4. The maximum atomic E-state index is 12.2. The Labute approximate surface area is 137 Å². The van der Waals surface area contributed by atoms with Gasteiger partial charge in [0.2, 0.25) is 0 Å². The number of aryl methyl sites for hydroxylation is 1. The number of hydrogen-bond donors (Lipinski definition) is 1. The highest BCUT2D eigenvalue weighted by Gasteiger charge is 2.12. The topological polar surface area (TPSA) is 65.4 Å². The minimum absolute atomic E-state index is 0.166. The van der Waals surface area contributed by atoms with Gasteiger partial charge in [-0.1, -0.05) is 0 Å². The van der Waals surface area contributed by atoms with Gasteiger partial charge in [-0.15, -0.1) is 0 Å². The van der Waals surface area contributed by atoms with Crippen LogP contribution in [0.25, 0.3) is 0 Å². The monoisotopic (exact) mass is 367 g/mol. The molecule has 1 N–H and O–H groups in total. The van der Waals surface area contributed by atoms with Crippen molar-refractivity contribution in [1.29, 1.82) is 0 Å². The molecule has 0 aliphatic heterocycles.